The van der Waals surface area contributed by atoms with Gasteiger partial charge in [0.15, 0.2) is 0 Å². The van der Waals surface area contributed by atoms with Gasteiger partial charge in [0.25, 0.3) is 0 Å². The Kier molecular flexibility index (Phi) is 3.84. The van der Waals surface area contributed by atoms with E-state index in [2.05, 4.69) is 39.8 Å². The SMILES string of the molecule is CC(C)C1=CC2=CC[C@@H]3[C@](C)(CO)CCC[C@]3(C)[C@H]2CC1. The van der Waals surface area contributed by atoms with Crippen molar-refractivity contribution in [1.82, 2.24) is 0 Å². The number of hydrogen-bond acceptors (Lipinski definition) is 1. The van der Waals surface area contributed by atoms with Gasteiger partial charge in [-0.15, -0.1) is 0 Å². The monoisotopic (exact) mass is 288 g/mol. The molecule has 0 aromatic carbocycles. The lowest BCUT2D eigenvalue weighted by Crippen LogP contribution is -2.51. The molecule has 0 radical (unpaired) electrons. The van der Waals surface area contributed by atoms with Crippen molar-refractivity contribution in [3.63, 3.8) is 0 Å². The number of allylic oxidation sites excluding steroid dienone is 4. The lowest BCUT2D eigenvalue weighted by atomic mass is 9.47. The minimum atomic E-state index is 0.136. The van der Waals surface area contributed by atoms with Crippen LogP contribution in [-0.2, 0) is 0 Å². The largest absolute Gasteiger partial charge is 0.396 e. The predicted molar refractivity (Wildman–Crippen MR) is 89.0 cm³/mol. The summed E-state index contributed by atoms with van der Waals surface area (Å²) in [7, 11) is 0. The van der Waals surface area contributed by atoms with Crippen LogP contribution in [0.25, 0.3) is 0 Å². The summed E-state index contributed by atoms with van der Waals surface area (Å²) >= 11 is 0. The molecule has 3 aliphatic carbocycles. The average Bonchev–Trinajstić information content (AvgIpc) is 2.46. The van der Waals surface area contributed by atoms with Gasteiger partial charge in [0.2, 0.25) is 0 Å². The lowest BCUT2D eigenvalue weighted by Gasteiger charge is -2.58. The molecule has 0 aliphatic heterocycles. The zero-order valence-corrected chi connectivity index (χ0v) is 14.3. The molecule has 1 N–H and O–H groups in total. The first-order valence-electron chi connectivity index (χ1n) is 8.92. The number of fused-ring (bicyclic) bond motifs is 3. The van der Waals surface area contributed by atoms with Crippen LogP contribution in [0.1, 0.15) is 66.2 Å². The van der Waals surface area contributed by atoms with Crippen molar-refractivity contribution < 1.29 is 5.11 Å². The maximum Gasteiger partial charge on any atom is 0.0487 e. The smallest absolute Gasteiger partial charge is 0.0487 e. The second-order valence-electron chi connectivity index (χ2n) is 8.63. The van der Waals surface area contributed by atoms with Crippen molar-refractivity contribution in [3.05, 3.63) is 23.3 Å². The summed E-state index contributed by atoms with van der Waals surface area (Å²) in [6, 6.07) is 0. The second-order valence-corrected chi connectivity index (χ2v) is 8.63. The summed E-state index contributed by atoms with van der Waals surface area (Å²) < 4.78 is 0. The Morgan fingerprint density at radius 2 is 2.05 bits per heavy atom. The van der Waals surface area contributed by atoms with E-state index in [4.69, 9.17) is 0 Å². The van der Waals surface area contributed by atoms with Crippen molar-refractivity contribution >= 4 is 0 Å². The van der Waals surface area contributed by atoms with Crippen molar-refractivity contribution in [1.29, 1.82) is 0 Å². The van der Waals surface area contributed by atoms with Gasteiger partial charge >= 0.3 is 0 Å². The van der Waals surface area contributed by atoms with E-state index in [1.165, 1.54) is 38.5 Å². The molecule has 0 heterocycles. The molecular weight excluding hydrogens is 256 g/mol. The zero-order valence-electron chi connectivity index (χ0n) is 14.3. The minimum Gasteiger partial charge on any atom is -0.396 e. The third-order valence-electron chi connectivity index (χ3n) is 7.06. The van der Waals surface area contributed by atoms with Crippen molar-refractivity contribution in [3.8, 4) is 0 Å². The highest BCUT2D eigenvalue weighted by atomic mass is 16.3. The highest BCUT2D eigenvalue weighted by molar-refractivity contribution is 5.35. The van der Waals surface area contributed by atoms with Crippen molar-refractivity contribution in [2.24, 2.45) is 28.6 Å². The van der Waals surface area contributed by atoms with Gasteiger partial charge in [0, 0.05) is 6.61 Å². The minimum absolute atomic E-state index is 0.136. The average molecular weight is 288 g/mol. The molecule has 0 bridgehead atoms. The predicted octanol–water partition coefficient (Wildman–Crippen LogP) is 5.11. The van der Waals surface area contributed by atoms with E-state index in [1.807, 2.05) is 0 Å². The van der Waals surface area contributed by atoms with Gasteiger partial charge < -0.3 is 5.11 Å². The highest BCUT2D eigenvalue weighted by Gasteiger charge is 2.53. The first-order valence-corrected chi connectivity index (χ1v) is 8.92. The van der Waals surface area contributed by atoms with Crippen LogP contribution in [-0.4, -0.2) is 11.7 Å². The van der Waals surface area contributed by atoms with E-state index < -0.39 is 0 Å². The van der Waals surface area contributed by atoms with E-state index in [1.54, 1.807) is 11.1 Å². The van der Waals surface area contributed by atoms with Crippen LogP contribution in [0, 0.1) is 28.6 Å². The fourth-order valence-electron chi connectivity index (χ4n) is 5.66. The third-order valence-corrected chi connectivity index (χ3v) is 7.06. The molecule has 1 nitrogen and oxygen atoms in total. The quantitative estimate of drug-likeness (QED) is 0.748. The van der Waals surface area contributed by atoms with Crippen LogP contribution in [0.2, 0.25) is 0 Å². The Morgan fingerprint density at radius 1 is 1.29 bits per heavy atom. The van der Waals surface area contributed by atoms with Crippen LogP contribution in [0.3, 0.4) is 0 Å². The summed E-state index contributed by atoms with van der Waals surface area (Å²) in [5.74, 6) is 2.07. The Labute approximate surface area is 130 Å². The molecule has 1 fully saturated rings. The Balaban J connectivity index is 1.97. The summed E-state index contributed by atoms with van der Waals surface area (Å²) in [5, 5.41) is 9.98. The van der Waals surface area contributed by atoms with Gasteiger partial charge in [-0.05, 0) is 66.3 Å². The van der Waals surface area contributed by atoms with Gasteiger partial charge in [-0.2, -0.15) is 0 Å². The summed E-state index contributed by atoms with van der Waals surface area (Å²) in [5.41, 5.74) is 3.79. The van der Waals surface area contributed by atoms with Crippen LogP contribution < -0.4 is 0 Å². The molecule has 0 saturated heterocycles. The van der Waals surface area contributed by atoms with Gasteiger partial charge in [-0.25, -0.2) is 0 Å². The molecule has 3 rings (SSSR count). The fourth-order valence-corrected chi connectivity index (χ4v) is 5.66. The number of aliphatic hydroxyl groups excluding tert-OH is 1. The normalized spacial score (nSPS) is 43.0. The van der Waals surface area contributed by atoms with Gasteiger partial charge in [-0.1, -0.05) is 51.8 Å². The topological polar surface area (TPSA) is 20.2 Å². The van der Waals surface area contributed by atoms with Gasteiger partial charge in [-0.3, -0.25) is 0 Å². The summed E-state index contributed by atoms with van der Waals surface area (Å²) in [6.45, 7) is 9.85. The van der Waals surface area contributed by atoms with Crippen LogP contribution >= 0.6 is 0 Å². The molecule has 0 unspecified atom stereocenters. The zero-order chi connectivity index (χ0) is 15.3. The number of aliphatic hydroxyl groups is 1. The van der Waals surface area contributed by atoms with Gasteiger partial charge in [0.05, 0.1) is 0 Å². The highest BCUT2D eigenvalue weighted by Crippen LogP contribution is 2.61. The third kappa shape index (κ3) is 2.32. The molecular formula is C20H32O. The molecule has 3 aliphatic rings. The van der Waals surface area contributed by atoms with E-state index in [9.17, 15) is 5.11 Å². The summed E-state index contributed by atoms with van der Waals surface area (Å²) in [6.07, 6.45) is 12.6. The lowest BCUT2D eigenvalue weighted by molar-refractivity contribution is -0.0737. The van der Waals surface area contributed by atoms with E-state index >= 15 is 0 Å². The molecule has 21 heavy (non-hydrogen) atoms. The van der Waals surface area contributed by atoms with E-state index in [-0.39, 0.29) is 5.41 Å². The van der Waals surface area contributed by atoms with Gasteiger partial charge in [0.1, 0.15) is 0 Å². The Bertz CT molecular complexity index is 472. The van der Waals surface area contributed by atoms with E-state index in [0.717, 1.165) is 5.92 Å². The van der Waals surface area contributed by atoms with Crippen molar-refractivity contribution in [2.75, 3.05) is 6.61 Å². The number of hydrogen-bond donors (Lipinski definition) is 1. The molecule has 1 heteroatoms. The van der Waals surface area contributed by atoms with E-state index in [0.29, 0.717) is 23.9 Å². The summed E-state index contributed by atoms with van der Waals surface area (Å²) in [4.78, 5) is 0. The molecule has 0 aromatic heterocycles. The second kappa shape index (κ2) is 5.26. The molecule has 0 aromatic rings. The number of rotatable bonds is 2. The first kappa shape index (κ1) is 15.3. The van der Waals surface area contributed by atoms with Crippen molar-refractivity contribution in [2.45, 2.75) is 66.2 Å². The first-order chi connectivity index (χ1) is 9.90. The molecule has 0 spiro atoms. The molecule has 1 saturated carbocycles. The van der Waals surface area contributed by atoms with Crippen LogP contribution in [0.4, 0.5) is 0 Å². The maximum absolute atomic E-state index is 9.98. The Morgan fingerprint density at radius 3 is 2.71 bits per heavy atom. The molecule has 4 atom stereocenters. The molecule has 118 valence electrons. The fraction of sp³-hybridized carbons (Fsp3) is 0.800. The van der Waals surface area contributed by atoms with Crippen LogP contribution in [0.5, 0.6) is 0 Å². The maximum atomic E-state index is 9.98. The van der Waals surface area contributed by atoms with Crippen LogP contribution in [0.15, 0.2) is 23.3 Å². The standard InChI is InChI=1S/C20H32O/c1-14(2)15-6-8-17-16(12-15)7-9-18-19(3,13-21)10-5-11-20(17,18)4/h7,12,14,17-18,21H,5-6,8-11,13H2,1-4H3/t17-,18+,19-,20+/m0/s1. The molecule has 0 amide bonds. The Hall–Kier alpha value is -0.560.